The number of hydrogen-bond donors (Lipinski definition) is 2. The summed E-state index contributed by atoms with van der Waals surface area (Å²) in [7, 11) is 0. The summed E-state index contributed by atoms with van der Waals surface area (Å²) in [4.78, 5) is 8.35. The fourth-order valence-corrected chi connectivity index (χ4v) is 0.976. The van der Waals surface area contributed by atoms with Crippen LogP contribution in [0.5, 0.6) is 0 Å². The van der Waals surface area contributed by atoms with E-state index in [9.17, 15) is 0 Å². The minimum absolute atomic E-state index is 0.0873. The van der Waals surface area contributed by atoms with Crippen LogP contribution in [0.1, 0.15) is 19.5 Å². The van der Waals surface area contributed by atoms with Crippen LogP contribution in [0.4, 0.5) is 5.82 Å². The molecule has 0 aliphatic carbocycles. The average molecular weight is 194 g/mol. The lowest BCUT2D eigenvalue weighted by Gasteiger charge is -2.23. The first-order valence-corrected chi connectivity index (χ1v) is 4.77. The van der Waals surface area contributed by atoms with Gasteiger partial charge in [-0.15, -0.1) is 0 Å². The normalized spacial score (nSPS) is 11.4. The summed E-state index contributed by atoms with van der Waals surface area (Å²) < 4.78 is 0. The van der Waals surface area contributed by atoms with E-state index in [2.05, 4.69) is 29.1 Å². The molecule has 3 N–H and O–H groups in total. The Morgan fingerprint density at radius 3 is 2.57 bits per heavy atom. The lowest BCUT2D eigenvalue weighted by atomic mass is 9.94. The van der Waals surface area contributed by atoms with Crippen molar-refractivity contribution in [1.82, 2.24) is 9.97 Å². The highest BCUT2D eigenvalue weighted by Gasteiger charge is 2.15. The van der Waals surface area contributed by atoms with Crippen LogP contribution < -0.4 is 11.1 Å². The Morgan fingerprint density at radius 2 is 2.00 bits per heavy atom. The summed E-state index contributed by atoms with van der Waals surface area (Å²) >= 11 is 0. The fourth-order valence-electron chi connectivity index (χ4n) is 0.976. The zero-order valence-electron chi connectivity index (χ0n) is 9.04. The molecule has 0 radical (unpaired) electrons. The molecule has 0 unspecified atom stereocenters. The molecule has 0 saturated carbocycles. The molecule has 78 valence electrons. The monoisotopic (exact) mass is 194 g/mol. The number of nitrogens with one attached hydrogen (secondary N) is 1. The lowest BCUT2D eigenvalue weighted by molar-refractivity contribution is 0.405. The first kappa shape index (κ1) is 10.9. The van der Waals surface area contributed by atoms with Crippen molar-refractivity contribution >= 4 is 5.82 Å². The van der Waals surface area contributed by atoms with Crippen molar-refractivity contribution in [3.05, 3.63) is 18.1 Å². The van der Waals surface area contributed by atoms with Gasteiger partial charge in [0.2, 0.25) is 0 Å². The molecule has 0 bridgehead atoms. The molecule has 0 saturated heterocycles. The van der Waals surface area contributed by atoms with Gasteiger partial charge in [-0.1, -0.05) is 13.8 Å². The number of rotatable bonds is 4. The Kier molecular flexibility index (Phi) is 3.41. The van der Waals surface area contributed by atoms with Gasteiger partial charge in [-0.3, -0.25) is 4.98 Å². The van der Waals surface area contributed by atoms with Crippen LogP contribution in [-0.2, 0) is 0 Å². The summed E-state index contributed by atoms with van der Waals surface area (Å²) in [6.07, 6.45) is 3.37. The summed E-state index contributed by atoms with van der Waals surface area (Å²) in [5.41, 5.74) is 6.64. The lowest BCUT2D eigenvalue weighted by Crippen LogP contribution is -2.31. The van der Waals surface area contributed by atoms with Crippen LogP contribution in [0.15, 0.2) is 12.4 Å². The highest BCUT2D eigenvalue weighted by atomic mass is 15.0. The smallest absolute Gasteiger partial charge is 0.147 e. The Balaban J connectivity index is 2.58. The molecule has 0 aliphatic heterocycles. The minimum Gasteiger partial charge on any atom is -0.368 e. The van der Waals surface area contributed by atoms with Crippen LogP contribution in [0, 0.1) is 12.3 Å². The maximum absolute atomic E-state index is 5.63. The maximum Gasteiger partial charge on any atom is 0.147 e. The predicted molar refractivity (Wildman–Crippen MR) is 58.1 cm³/mol. The van der Waals surface area contributed by atoms with E-state index in [1.807, 2.05) is 6.92 Å². The Labute approximate surface area is 85.0 Å². The Bertz CT molecular complexity index is 296. The van der Waals surface area contributed by atoms with Crippen LogP contribution >= 0.6 is 0 Å². The van der Waals surface area contributed by atoms with Gasteiger partial charge in [0, 0.05) is 18.9 Å². The van der Waals surface area contributed by atoms with Crippen molar-refractivity contribution < 1.29 is 0 Å². The third kappa shape index (κ3) is 2.96. The van der Waals surface area contributed by atoms with Crippen molar-refractivity contribution in [2.45, 2.75) is 20.8 Å². The largest absolute Gasteiger partial charge is 0.368 e. The van der Waals surface area contributed by atoms with Crippen molar-refractivity contribution in [2.24, 2.45) is 11.1 Å². The van der Waals surface area contributed by atoms with Gasteiger partial charge < -0.3 is 11.1 Å². The van der Waals surface area contributed by atoms with Crippen molar-refractivity contribution in [3.8, 4) is 0 Å². The molecular weight excluding hydrogens is 176 g/mol. The zero-order valence-corrected chi connectivity index (χ0v) is 9.04. The zero-order chi connectivity index (χ0) is 10.6. The van der Waals surface area contributed by atoms with Gasteiger partial charge in [0.25, 0.3) is 0 Å². The van der Waals surface area contributed by atoms with E-state index in [1.54, 1.807) is 12.4 Å². The number of nitrogens with two attached hydrogens (primary N) is 1. The van der Waals surface area contributed by atoms with Gasteiger partial charge in [-0.05, 0) is 18.9 Å². The molecular formula is C10H18N4. The van der Waals surface area contributed by atoms with E-state index in [1.165, 1.54) is 0 Å². The van der Waals surface area contributed by atoms with E-state index in [-0.39, 0.29) is 5.41 Å². The van der Waals surface area contributed by atoms with Crippen LogP contribution in [0.3, 0.4) is 0 Å². The maximum atomic E-state index is 5.63. The molecule has 0 aromatic carbocycles. The molecule has 1 aromatic rings. The van der Waals surface area contributed by atoms with Gasteiger partial charge in [-0.25, -0.2) is 4.98 Å². The first-order chi connectivity index (χ1) is 6.55. The van der Waals surface area contributed by atoms with Crippen LogP contribution in [0.2, 0.25) is 0 Å². The highest BCUT2D eigenvalue weighted by molar-refractivity contribution is 5.38. The van der Waals surface area contributed by atoms with Gasteiger partial charge in [0.05, 0.1) is 5.69 Å². The third-order valence-electron chi connectivity index (χ3n) is 2.17. The van der Waals surface area contributed by atoms with E-state index < -0.39 is 0 Å². The molecule has 1 heterocycles. The summed E-state index contributed by atoms with van der Waals surface area (Å²) in [5, 5.41) is 3.25. The average Bonchev–Trinajstić information content (AvgIpc) is 2.17. The first-order valence-electron chi connectivity index (χ1n) is 4.77. The number of hydrogen-bond acceptors (Lipinski definition) is 4. The third-order valence-corrected chi connectivity index (χ3v) is 2.17. The minimum atomic E-state index is 0.0873. The van der Waals surface area contributed by atoms with E-state index in [0.29, 0.717) is 6.54 Å². The highest BCUT2D eigenvalue weighted by Crippen LogP contribution is 2.14. The second-order valence-corrected chi connectivity index (χ2v) is 4.21. The molecule has 0 amide bonds. The van der Waals surface area contributed by atoms with Gasteiger partial charge >= 0.3 is 0 Å². The number of nitrogens with zero attached hydrogens (tertiary/aromatic N) is 2. The van der Waals surface area contributed by atoms with Gasteiger partial charge in [0.15, 0.2) is 0 Å². The summed E-state index contributed by atoms with van der Waals surface area (Å²) in [6.45, 7) is 7.63. The van der Waals surface area contributed by atoms with Crippen LogP contribution in [0.25, 0.3) is 0 Å². The second kappa shape index (κ2) is 4.37. The van der Waals surface area contributed by atoms with Crippen molar-refractivity contribution in [3.63, 3.8) is 0 Å². The molecule has 4 heteroatoms. The number of anilines is 1. The standard InChI is InChI=1S/C10H18N4/c1-8-9(13-5-4-12-8)14-7-10(2,3)6-11/h4-5H,6-7,11H2,1-3H3,(H,13,14). The topological polar surface area (TPSA) is 63.8 Å². The van der Waals surface area contributed by atoms with Crippen LogP contribution in [-0.4, -0.2) is 23.1 Å². The predicted octanol–water partition coefficient (Wildman–Crippen LogP) is 1.18. The Hall–Kier alpha value is -1.16. The molecule has 0 aliphatic rings. The van der Waals surface area contributed by atoms with E-state index in [4.69, 9.17) is 5.73 Å². The summed E-state index contributed by atoms with van der Waals surface area (Å²) in [6, 6.07) is 0. The summed E-state index contributed by atoms with van der Waals surface area (Å²) in [5.74, 6) is 0.842. The second-order valence-electron chi connectivity index (χ2n) is 4.21. The van der Waals surface area contributed by atoms with E-state index in [0.717, 1.165) is 18.1 Å². The molecule has 0 spiro atoms. The van der Waals surface area contributed by atoms with Crippen molar-refractivity contribution in [1.29, 1.82) is 0 Å². The van der Waals surface area contributed by atoms with Gasteiger partial charge in [0.1, 0.15) is 5.82 Å². The quantitative estimate of drug-likeness (QED) is 0.755. The number of aromatic nitrogens is 2. The van der Waals surface area contributed by atoms with Gasteiger partial charge in [-0.2, -0.15) is 0 Å². The molecule has 1 rings (SSSR count). The van der Waals surface area contributed by atoms with E-state index >= 15 is 0 Å². The molecule has 1 aromatic heterocycles. The molecule has 4 nitrogen and oxygen atoms in total. The molecule has 0 atom stereocenters. The SMILES string of the molecule is Cc1nccnc1NCC(C)(C)CN. The number of aryl methyl sites for hydroxylation is 1. The molecule has 0 fully saturated rings. The molecule has 14 heavy (non-hydrogen) atoms. The fraction of sp³-hybridized carbons (Fsp3) is 0.600. The Morgan fingerprint density at radius 1 is 1.36 bits per heavy atom. The van der Waals surface area contributed by atoms with Crippen molar-refractivity contribution in [2.75, 3.05) is 18.4 Å².